The smallest absolute Gasteiger partial charge is 0.193 e. The number of rotatable bonds is 5. The van der Waals surface area contributed by atoms with E-state index in [1.54, 1.807) is 7.11 Å². The molecule has 3 aromatic rings. The number of benzene rings is 2. The van der Waals surface area contributed by atoms with Crippen LogP contribution in [0.15, 0.2) is 59.7 Å². The van der Waals surface area contributed by atoms with E-state index in [0.29, 0.717) is 12.5 Å². The fourth-order valence-electron chi connectivity index (χ4n) is 2.52. The summed E-state index contributed by atoms with van der Waals surface area (Å²) >= 11 is 0. The summed E-state index contributed by atoms with van der Waals surface area (Å²) in [6, 6.07) is 15.8. The molecule has 1 heterocycles. The average Bonchev–Trinajstić information content (AvgIpc) is 2.98. The van der Waals surface area contributed by atoms with Crippen LogP contribution in [0.4, 0.5) is 5.69 Å². The number of ether oxygens (including phenoxy) is 1. The van der Waals surface area contributed by atoms with Gasteiger partial charge in [-0.2, -0.15) is 0 Å². The Morgan fingerprint density at radius 3 is 2.88 bits per heavy atom. The van der Waals surface area contributed by atoms with E-state index in [4.69, 9.17) is 10.5 Å². The van der Waals surface area contributed by atoms with Crippen LogP contribution in [0, 0.1) is 0 Å². The van der Waals surface area contributed by atoms with Crippen molar-refractivity contribution in [1.82, 2.24) is 4.98 Å². The van der Waals surface area contributed by atoms with Crippen molar-refractivity contribution < 1.29 is 4.74 Å². The fourth-order valence-corrected chi connectivity index (χ4v) is 2.52. The van der Waals surface area contributed by atoms with Gasteiger partial charge in [0.1, 0.15) is 5.75 Å². The molecule has 0 spiro atoms. The van der Waals surface area contributed by atoms with E-state index < -0.39 is 0 Å². The van der Waals surface area contributed by atoms with E-state index in [9.17, 15) is 0 Å². The molecule has 0 unspecified atom stereocenters. The maximum atomic E-state index is 5.94. The second-order valence-electron chi connectivity index (χ2n) is 5.23. The second kappa shape index (κ2) is 8.58. The SMILES string of the molecule is COc1cccc(NC(N)=NCCc2c[nH]c3ccccc23)c1.I. The monoisotopic (exact) mass is 436 g/mol. The number of anilines is 1. The summed E-state index contributed by atoms with van der Waals surface area (Å²) in [4.78, 5) is 7.65. The highest BCUT2D eigenvalue weighted by atomic mass is 127. The summed E-state index contributed by atoms with van der Waals surface area (Å²) in [6.07, 6.45) is 2.87. The highest BCUT2D eigenvalue weighted by molar-refractivity contribution is 14.0. The Bertz CT molecular complexity index is 829. The maximum Gasteiger partial charge on any atom is 0.193 e. The van der Waals surface area contributed by atoms with Crippen LogP contribution in [0.3, 0.4) is 0 Å². The Balaban J connectivity index is 0.00000208. The molecule has 4 N–H and O–H groups in total. The van der Waals surface area contributed by atoms with Crippen molar-refractivity contribution in [2.75, 3.05) is 19.0 Å². The number of nitrogens with one attached hydrogen (secondary N) is 2. The molecule has 0 aliphatic rings. The van der Waals surface area contributed by atoms with E-state index in [1.165, 1.54) is 10.9 Å². The molecule has 126 valence electrons. The number of guanidine groups is 1. The highest BCUT2D eigenvalue weighted by Gasteiger charge is 2.02. The molecule has 0 bridgehead atoms. The normalized spacial score (nSPS) is 11.1. The average molecular weight is 436 g/mol. The molecular weight excluding hydrogens is 415 g/mol. The molecular formula is C18H21IN4O. The summed E-state index contributed by atoms with van der Waals surface area (Å²) in [7, 11) is 1.64. The summed E-state index contributed by atoms with van der Waals surface area (Å²) < 4.78 is 5.18. The first-order chi connectivity index (χ1) is 11.3. The maximum absolute atomic E-state index is 5.94. The van der Waals surface area contributed by atoms with Gasteiger partial charge in [-0.3, -0.25) is 4.99 Å². The topological polar surface area (TPSA) is 75.4 Å². The molecule has 0 atom stereocenters. The first-order valence-corrected chi connectivity index (χ1v) is 7.52. The molecule has 24 heavy (non-hydrogen) atoms. The van der Waals surface area contributed by atoms with E-state index in [0.717, 1.165) is 23.4 Å². The minimum absolute atomic E-state index is 0. The molecule has 0 radical (unpaired) electrons. The Morgan fingerprint density at radius 1 is 1.21 bits per heavy atom. The Kier molecular flexibility index (Phi) is 6.48. The largest absolute Gasteiger partial charge is 0.497 e. The zero-order valence-corrected chi connectivity index (χ0v) is 15.8. The zero-order chi connectivity index (χ0) is 16.1. The van der Waals surface area contributed by atoms with Gasteiger partial charge in [-0.25, -0.2) is 0 Å². The van der Waals surface area contributed by atoms with Crippen LogP contribution >= 0.6 is 24.0 Å². The van der Waals surface area contributed by atoms with Gasteiger partial charge in [-0.05, 0) is 30.2 Å². The number of fused-ring (bicyclic) bond motifs is 1. The van der Waals surface area contributed by atoms with Gasteiger partial charge in [0, 0.05) is 35.4 Å². The molecule has 2 aromatic carbocycles. The van der Waals surface area contributed by atoms with Gasteiger partial charge in [0.05, 0.1) is 7.11 Å². The van der Waals surface area contributed by atoms with Gasteiger partial charge >= 0.3 is 0 Å². The Morgan fingerprint density at radius 2 is 2.04 bits per heavy atom. The molecule has 0 amide bonds. The zero-order valence-electron chi connectivity index (χ0n) is 13.5. The number of para-hydroxylation sites is 1. The van der Waals surface area contributed by atoms with Crippen molar-refractivity contribution in [3.05, 3.63) is 60.3 Å². The van der Waals surface area contributed by atoms with Gasteiger partial charge in [-0.1, -0.05) is 24.3 Å². The lowest BCUT2D eigenvalue weighted by Gasteiger charge is -2.07. The molecule has 0 aliphatic carbocycles. The third-order valence-electron chi connectivity index (χ3n) is 3.68. The van der Waals surface area contributed by atoms with Crippen molar-refractivity contribution in [3.8, 4) is 5.75 Å². The molecule has 5 nitrogen and oxygen atoms in total. The fraction of sp³-hybridized carbons (Fsp3) is 0.167. The molecule has 1 aromatic heterocycles. The number of aromatic amines is 1. The van der Waals surface area contributed by atoms with Crippen LogP contribution in [0.5, 0.6) is 5.75 Å². The number of hydrogen-bond acceptors (Lipinski definition) is 2. The third-order valence-corrected chi connectivity index (χ3v) is 3.68. The Hall–Kier alpha value is -2.22. The van der Waals surface area contributed by atoms with Crippen LogP contribution < -0.4 is 15.8 Å². The summed E-state index contributed by atoms with van der Waals surface area (Å²) in [5.74, 6) is 1.18. The van der Waals surface area contributed by atoms with Gasteiger partial charge in [0.15, 0.2) is 5.96 Å². The van der Waals surface area contributed by atoms with Crippen molar-refractivity contribution in [3.63, 3.8) is 0 Å². The van der Waals surface area contributed by atoms with E-state index in [1.807, 2.05) is 42.6 Å². The van der Waals surface area contributed by atoms with E-state index in [-0.39, 0.29) is 24.0 Å². The summed E-state index contributed by atoms with van der Waals surface area (Å²) in [6.45, 7) is 0.630. The first kappa shape index (κ1) is 18.1. The summed E-state index contributed by atoms with van der Waals surface area (Å²) in [5, 5.41) is 4.31. The lowest BCUT2D eigenvalue weighted by atomic mass is 10.1. The Labute approximate surface area is 158 Å². The molecule has 0 saturated heterocycles. The molecule has 3 rings (SSSR count). The van der Waals surface area contributed by atoms with E-state index in [2.05, 4.69) is 27.4 Å². The van der Waals surface area contributed by atoms with Gasteiger partial charge < -0.3 is 20.8 Å². The van der Waals surface area contributed by atoms with Gasteiger partial charge in [0.2, 0.25) is 0 Å². The number of aromatic nitrogens is 1. The number of nitrogens with zero attached hydrogens (tertiary/aromatic N) is 1. The quantitative estimate of drug-likeness (QED) is 0.324. The van der Waals surface area contributed by atoms with Crippen molar-refractivity contribution in [1.29, 1.82) is 0 Å². The minimum Gasteiger partial charge on any atom is -0.497 e. The lowest BCUT2D eigenvalue weighted by molar-refractivity contribution is 0.415. The van der Waals surface area contributed by atoms with Crippen LogP contribution in [0.1, 0.15) is 5.56 Å². The van der Waals surface area contributed by atoms with Gasteiger partial charge in [0.25, 0.3) is 0 Å². The van der Waals surface area contributed by atoms with Crippen LogP contribution in [0.2, 0.25) is 0 Å². The van der Waals surface area contributed by atoms with Gasteiger partial charge in [-0.15, -0.1) is 24.0 Å². The molecule has 6 heteroatoms. The predicted octanol–water partition coefficient (Wildman–Crippen LogP) is 3.76. The number of H-pyrrole nitrogens is 1. The molecule has 0 saturated carbocycles. The van der Waals surface area contributed by atoms with Crippen LogP contribution in [0.25, 0.3) is 10.9 Å². The van der Waals surface area contributed by atoms with Crippen LogP contribution in [-0.2, 0) is 6.42 Å². The second-order valence-corrected chi connectivity index (χ2v) is 5.23. The summed E-state index contributed by atoms with van der Waals surface area (Å²) in [5.41, 5.74) is 9.19. The predicted molar refractivity (Wildman–Crippen MR) is 111 cm³/mol. The number of nitrogens with two attached hydrogens (primary N) is 1. The number of halogens is 1. The van der Waals surface area contributed by atoms with E-state index >= 15 is 0 Å². The standard InChI is InChI=1S/C18H20N4O.HI/c1-23-15-6-4-5-14(11-15)22-18(19)20-10-9-13-12-21-17-8-3-2-7-16(13)17;/h2-8,11-12,21H,9-10H2,1H3,(H3,19,20,22);1H. The lowest BCUT2D eigenvalue weighted by Crippen LogP contribution is -2.23. The third kappa shape index (κ3) is 4.41. The number of methoxy groups -OCH3 is 1. The number of aliphatic imine (C=N–C) groups is 1. The highest BCUT2D eigenvalue weighted by Crippen LogP contribution is 2.18. The number of hydrogen-bond donors (Lipinski definition) is 3. The molecule has 0 fully saturated rings. The first-order valence-electron chi connectivity index (χ1n) is 7.52. The van der Waals surface area contributed by atoms with Crippen molar-refractivity contribution >= 4 is 46.5 Å². The van der Waals surface area contributed by atoms with Crippen LogP contribution in [-0.4, -0.2) is 24.6 Å². The van der Waals surface area contributed by atoms with Crippen molar-refractivity contribution in [2.24, 2.45) is 10.7 Å². The minimum atomic E-state index is 0. The molecule has 0 aliphatic heterocycles. The van der Waals surface area contributed by atoms with Crippen molar-refractivity contribution in [2.45, 2.75) is 6.42 Å².